The second-order valence-corrected chi connectivity index (χ2v) is 7.28. The molecule has 0 spiro atoms. The van der Waals surface area contributed by atoms with Crippen molar-refractivity contribution in [3.63, 3.8) is 0 Å². The zero-order chi connectivity index (χ0) is 18.3. The van der Waals surface area contributed by atoms with Gasteiger partial charge in [0.2, 0.25) is 10.0 Å². The number of primary sulfonamides is 1. The molecule has 0 aliphatic rings. The zero-order valence-corrected chi connectivity index (χ0v) is 15.2. The van der Waals surface area contributed by atoms with Crippen molar-refractivity contribution in [2.24, 2.45) is 10.3 Å². The average Bonchev–Trinajstić information content (AvgIpc) is 2.53. The molecule has 0 atom stereocenters. The topological polar surface area (TPSA) is 110 Å². The average molecular weight is 355 g/mol. The summed E-state index contributed by atoms with van der Waals surface area (Å²) in [6.45, 7) is 7.25. The van der Waals surface area contributed by atoms with E-state index in [-0.39, 0.29) is 10.5 Å². The highest BCUT2D eigenvalue weighted by molar-refractivity contribution is 7.89. The van der Waals surface area contributed by atoms with Gasteiger partial charge in [0.15, 0.2) is 0 Å². The third-order valence-electron chi connectivity index (χ3n) is 3.87. The SMILES string of the molecule is CCCCN(CCCC)c1cc(C(=O)N=O)cc(S(N)(=O)=O)c1C. The fraction of sp³-hybridized carbons (Fsp3) is 0.562. The number of hydrogen-bond acceptors (Lipinski definition) is 5. The summed E-state index contributed by atoms with van der Waals surface area (Å²) in [5, 5.41) is 7.66. The van der Waals surface area contributed by atoms with Crippen LogP contribution < -0.4 is 10.0 Å². The fourth-order valence-corrected chi connectivity index (χ4v) is 3.35. The Morgan fingerprint density at radius 2 is 1.71 bits per heavy atom. The number of benzene rings is 1. The van der Waals surface area contributed by atoms with E-state index >= 15 is 0 Å². The Morgan fingerprint density at radius 3 is 2.12 bits per heavy atom. The Bertz CT molecular complexity index is 694. The molecule has 0 saturated carbocycles. The normalized spacial score (nSPS) is 11.3. The monoisotopic (exact) mass is 355 g/mol. The number of carbonyl (C=O) groups is 1. The lowest BCUT2D eigenvalue weighted by atomic mass is 10.1. The van der Waals surface area contributed by atoms with Crippen LogP contribution in [0.25, 0.3) is 0 Å². The van der Waals surface area contributed by atoms with Crippen LogP contribution in [0.5, 0.6) is 0 Å². The van der Waals surface area contributed by atoms with Crippen molar-refractivity contribution in [3.8, 4) is 0 Å². The predicted octanol–water partition coefficient (Wildman–Crippen LogP) is 2.96. The van der Waals surface area contributed by atoms with E-state index in [9.17, 15) is 18.1 Å². The quantitative estimate of drug-likeness (QED) is 0.685. The van der Waals surface area contributed by atoms with Gasteiger partial charge in [0.25, 0.3) is 0 Å². The van der Waals surface area contributed by atoms with Gasteiger partial charge in [-0.3, -0.25) is 4.79 Å². The minimum Gasteiger partial charge on any atom is -0.371 e. The van der Waals surface area contributed by atoms with E-state index in [0.717, 1.165) is 44.8 Å². The lowest BCUT2D eigenvalue weighted by Crippen LogP contribution is -2.27. The summed E-state index contributed by atoms with van der Waals surface area (Å²) in [5.74, 6) is -1.01. The molecule has 1 aromatic rings. The smallest absolute Gasteiger partial charge is 0.316 e. The standard InChI is InChI=1S/C16H25N3O4S/c1-4-6-8-19(9-7-5-2)14-10-13(16(20)18-21)11-15(12(14)3)24(17,22)23/h10-11H,4-9H2,1-3H3,(H2,17,22,23). The predicted molar refractivity (Wildman–Crippen MR) is 94.7 cm³/mol. The van der Waals surface area contributed by atoms with Crippen LogP contribution in [0, 0.1) is 11.8 Å². The molecule has 0 fully saturated rings. The maximum Gasteiger partial charge on any atom is 0.316 e. The molecule has 7 nitrogen and oxygen atoms in total. The number of unbranched alkanes of at least 4 members (excludes halogenated alkanes) is 2. The van der Waals surface area contributed by atoms with Gasteiger partial charge in [-0.2, -0.15) is 0 Å². The van der Waals surface area contributed by atoms with E-state index in [2.05, 4.69) is 19.0 Å². The molecule has 0 aliphatic heterocycles. The number of nitroso groups, excluding NO2 is 1. The fourth-order valence-electron chi connectivity index (χ4n) is 2.52. The molecule has 0 bridgehead atoms. The molecule has 0 heterocycles. The molecule has 24 heavy (non-hydrogen) atoms. The van der Waals surface area contributed by atoms with Crippen molar-refractivity contribution in [2.45, 2.75) is 51.3 Å². The van der Waals surface area contributed by atoms with Gasteiger partial charge in [0.1, 0.15) is 0 Å². The molecule has 0 saturated heterocycles. The van der Waals surface area contributed by atoms with Crippen molar-refractivity contribution in [1.82, 2.24) is 0 Å². The summed E-state index contributed by atoms with van der Waals surface area (Å²) < 4.78 is 23.7. The van der Waals surface area contributed by atoms with Crippen LogP contribution in [0.3, 0.4) is 0 Å². The third kappa shape index (κ3) is 5.10. The van der Waals surface area contributed by atoms with Gasteiger partial charge in [0, 0.05) is 29.5 Å². The minimum absolute atomic E-state index is 0.0624. The van der Waals surface area contributed by atoms with E-state index in [4.69, 9.17) is 5.14 Å². The van der Waals surface area contributed by atoms with Crippen LogP contribution in [0.15, 0.2) is 22.2 Å². The Kier molecular flexibility index (Phi) is 7.50. The van der Waals surface area contributed by atoms with Crippen LogP contribution >= 0.6 is 0 Å². The van der Waals surface area contributed by atoms with Crippen molar-refractivity contribution in [3.05, 3.63) is 28.2 Å². The van der Waals surface area contributed by atoms with Gasteiger partial charge >= 0.3 is 5.91 Å². The first-order valence-corrected chi connectivity index (χ1v) is 9.60. The molecule has 134 valence electrons. The van der Waals surface area contributed by atoms with Gasteiger partial charge in [-0.25, -0.2) is 13.6 Å². The molecule has 0 unspecified atom stereocenters. The Morgan fingerprint density at radius 1 is 1.17 bits per heavy atom. The summed E-state index contributed by atoms with van der Waals surface area (Å²) in [6.07, 6.45) is 3.83. The van der Waals surface area contributed by atoms with Gasteiger partial charge in [0.05, 0.1) is 4.90 Å². The molecule has 0 aliphatic carbocycles. The summed E-state index contributed by atoms with van der Waals surface area (Å²) >= 11 is 0. The highest BCUT2D eigenvalue weighted by atomic mass is 32.2. The molecular weight excluding hydrogens is 330 g/mol. The maximum atomic E-state index is 11.9. The highest BCUT2D eigenvalue weighted by Gasteiger charge is 2.22. The molecule has 2 N–H and O–H groups in total. The number of amides is 1. The van der Waals surface area contributed by atoms with Crippen LogP contribution in [0.4, 0.5) is 5.69 Å². The maximum absolute atomic E-state index is 11.9. The number of carbonyl (C=O) groups excluding carboxylic acids is 1. The number of rotatable bonds is 9. The van der Waals surface area contributed by atoms with Crippen LogP contribution in [0.1, 0.15) is 55.5 Å². The Balaban J connectivity index is 3.51. The lowest BCUT2D eigenvalue weighted by molar-refractivity contribution is 0.100. The molecule has 1 amide bonds. The summed E-state index contributed by atoms with van der Waals surface area (Å²) in [6, 6.07) is 2.65. The van der Waals surface area contributed by atoms with Gasteiger partial charge < -0.3 is 4.90 Å². The van der Waals surface area contributed by atoms with Crippen molar-refractivity contribution < 1.29 is 13.2 Å². The number of hydrogen-bond donors (Lipinski definition) is 1. The third-order valence-corrected chi connectivity index (χ3v) is 4.91. The second-order valence-electron chi connectivity index (χ2n) is 5.75. The first-order valence-electron chi connectivity index (χ1n) is 8.06. The molecule has 1 rings (SSSR count). The molecule has 8 heteroatoms. The van der Waals surface area contributed by atoms with E-state index in [0.29, 0.717) is 11.3 Å². The number of nitrogens with two attached hydrogens (primary N) is 1. The van der Waals surface area contributed by atoms with E-state index < -0.39 is 15.9 Å². The van der Waals surface area contributed by atoms with E-state index in [1.807, 2.05) is 4.90 Å². The highest BCUT2D eigenvalue weighted by Crippen LogP contribution is 2.29. The second kappa shape index (κ2) is 8.89. The van der Waals surface area contributed by atoms with Gasteiger partial charge in [-0.1, -0.05) is 26.7 Å². The van der Waals surface area contributed by atoms with Crippen LogP contribution in [0.2, 0.25) is 0 Å². The Labute approximate surface area is 143 Å². The number of sulfonamides is 1. The first-order chi connectivity index (χ1) is 11.3. The largest absolute Gasteiger partial charge is 0.371 e. The van der Waals surface area contributed by atoms with Crippen molar-refractivity contribution in [2.75, 3.05) is 18.0 Å². The van der Waals surface area contributed by atoms with E-state index in [1.165, 1.54) is 6.07 Å². The summed E-state index contributed by atoms with van der Waals surface area (Å²) in [5.41, 5.74) is 1.02. The molecule has 0 radical (unpaired) electrons. The first kappa shape index (κ1) is 20.2. The molecular formula is C16H25N3O4S. The Hall–Kier alpha value is -1.80. The molecule has 1 aromatic carbocycles. The van der Waals surface area contributed by atoms with Crippen LogP contribution in [-0.2, 0) is 10.0 Å². The zero-order valence-electron chi connectivity index (χ0n) is 14.4. The van der Waals surface area contributed by atoms with Crippen molar-refractivity contribution in [1.29, 1.82) is 0 Å². The van der Waals surface area contributed by atoms with Crippen LogP contribution in [-0.4, -0.2) is 27.4 Å². The molecule has 0 aromatic heterocycles. The summed E-state index contributed by atoms with van der Waals surface area (Å²) in [7, 11) is -4.02. The van der Waals surface area contributed by atoms with Gasteiger partial charge in [-0.15, -0.1) is 4.91 Å². The minimum atomic E-state index is -4.02. The number of nitrogens with zero attached hydrogens (tertiary/aromatic N) is 2. The van der Waals surface area contributed by atoms with Crippen molar-refractivity contribution >= 4 is 21.6 Å². The van der Waals surface area contributed by atoms with Gasteiger partial charge in [-0.05, 0) is 37.5 Å². The lowest BCUT2D eigenvalue weighted by Gasteiger charge is -2.27. The summed E-state index contributed by atoms with van der Waals surface area (Å²) in [4.78, 5) is 24.1. The number of anilines is 1. The van der Waals surface area contributed by atoms with E-state index in [1.54, 1.807) is 6.92 Å².